The second-order valence-corrected chi connectivity index (χ2v) is 4.73. The number of rotatable bonds is 3. The van der Waals surface area contributed by atoms with Crippen molar-refractivity contribution in [2.45, 2.75) is 12.8 Å². The summed E-state index contributed by atoms with van der Waals surface area (Å²) in [5.74, 6) is 0.286. The number of anilines is 1. The summed E-state index contributed by atoms with van der Waals surface area (Å²) in [6.07, 6.45) is 2.35. The first-order valence-corrected chi connectivity index (χ1v) is 5.67. The van der Waals surface area contributed by atoms with E-state index in [2.05, 4.69) is 15.9 Å². The number of nitrogen functional groups attached to an aromatic ring is 1. The fraction of sp³-hybridized carbons (Fsp3) is 0.364. The second-order valence-electron chi connectivity index (χ2n) is 3.82. The molecule has 15 heavy (non-hydrogen) atoms. The predicted octanol–water partition coefficient (Wildman–Crippen LogP) is 2.60. The van der Waals surface area contributed by atoms with Gasteiger partial charge >= 0.3 is 5.97 Å². The zero-order valence-corrected chi connectivity index (χ0v) is 9.79. The lowest BCUT2D eigenvalue weighted by Crippen LogP contribution is -2.08. The third-order valence-electron chi connectivity index (χ3n) is 2.30. The van der Waals surface area contributed by atoms with Gasteiger partial charge in [0, 0.05) is 10.2 Å². The van der Waals surface area contributed by atoms with Crippen LogP contribution in [0.3, 0.4) is 0 Å². The molecule has 0 heterocycles. The number of benzene rings is 1. The highest BCUT2D eigenvalue weighted by Gasteiger charge is 2.23. The molecule has 2 rings (SSSR count). The quantitative estimate of drug-likeness (QED) is 0.678. The Balaban J connectivity index is 2.02. The molecule has 0 aliphatic heterocycles. The monoisotopic (exact) mass is 269 g/mol. The Labute approximate surface area is 96.7 Å². The van der Waals surface area contributed by atoms with Crippen molar-refractivity contribution >= 4 is 27.6 Å². The van der Waals surface area contributed by atoms with Crippen LogP contribution >= 0.6 is 15.9 Å². The van der Waals surface area contributed by atoms with Crippen molar-refractivity contribution < 1.29 is 9.53 Å². The van der Waals surface area contributed by atoms with Gasteiger partial charge in [-0.1, -0.05) is 15.9 Å². The molecule has 1 fully saturated rings. The van der Waals surface area contributed by atoms with Crippen molar-refractivity contribution in [1.82, 2.24) is 0 Å². The number of hydrogen-bond donors (Lipinski definition) is 1. The van der Waals surface area contributed by atoms with Gasteiger partial charge in [-0.05, 0) is 37.0 Å². The maximum atomic E-state index is 11.6. The van der Waals surface area contributed by atoms with E-state index >= 15 is 0 Å². The molecular formula is C11H12BrNO2. The van der Waals surface area contributed by atoms with E-state index in [4.69, 9.17) is 10.5 Å². The van der Waals surface area contributed by atoms with Gasteiger partial charge in [-0.3, -0.25) is 0 Å². The third kappa shape index (κ3) is 2.96. The Kier molecular flexibility index (Phi) is 2.95. The number of carbonyl (C=O) groups is 1. The minimum absolute atomic E-state index is 0.296. The number of ether oxygens (including phenoxy) is 1. The lowest BCUT2D eigenvalue weighted by molar-refractivity contribution is 0.0486. The van der Waals surface area contributed by atoms with Crippen LogP contribution < -0.4 is 5.73 Å². The van der Waals surface area contributed by atoms with E-state index in [0.717, 1.165) is 4.47 Å². The number of hydrogen-bond acceptors (Lipinski definition) is 3. The topological polar surface area (TPSA) is 52.3 Å². The van der Waals surface area contributed by atoms with Crippen molar-refractivity contribution in [3.8, 4) is 0 Å². The van der Waals surface area contributed by atoms with Crippen LogP contribution in [0, 0.1) is 5.92 Å². The molecule has 1 aliphatic carbocycles. The minimum atomic E-state index is -0.296. The van der Waals surface area contributed by atoms with E-state index in [0.29, 0.717) is 23.8 Å². The first kappa shape index (κ1) is 10.5. The summed E-state index contributed by atoms with van der Waals surface area (Å²) in [7, 11) is 0. The van der Waals surface area contributed by atoms with Gasteiger partial charge in [0.1, 0.15) is 0 Å². The van der Waals surface area contributed by atoms with Crippen molar-refractivity contribution in [3.05, 3.63) is 28.2 Å². The fourth-order valence-electron chi connectivity index (χ4n) is 1.29. The molecule has 0 spiro atoms. The predicted molar refractivity (Wildman–Crippen MR) is 61.6 cm³/mol. The SMILES string of the molecule is Nc1cc(Br)cc(C(=O)OCC2CC2)c1. The second kappa shape index (κ2) is 4.23. The molecule has 4 heteroatoms. The highest BCUT2D eigenvalue weighted by atomic mass is 79.9. The average molecular weight is 270 g/mol. The number of nitrogens with two attached hydrogens (primary N) is 1. The van der Waals surface area contributed by atoms with E-state index in [1.165, 1.54) is 12.8 Å². The van der Waals surface area contributed by atoms with Crippen LogP contribution in [0.5, 0.6) is 0 Å². The Morgan fingerprint density at radius 2 is 2.20 bits per heavy atom. The van der Waals surface area contributed by atoms with Crippen molar-refractivity contribution in [3.63, 3.8) is 0 Å². The van der Waals surface area contributed by atoms with Crippen LogP contribution in [0.25, 0.3) is 0 Å². The van der Waals surface area contributed by atoms with Crippen molar-refractivity contribution in [2.24, 2.45) is 5.92 Å². The molecule has 2 N–H and O–H groups in total. The molecule has 0 atom stereocenters. The highest BCUT2D eigenvalue weighted by Crippen LogP contribution is 2.29. The zero-order valence-electron chi connectivity index (χ0n) is 8.20. The smallest absolute Gasteiger partial charge is 0.338 e. The van der Waals surface area contributed by atoms with Gasteiger partial charge in [0.05, 0.1) is 12.2 Å². The van der Waals surface area contributed by atoms with Crippen LogP contribution in [-0.4, -0.2) is 12.6 Å². The number of carbonyl (C=O) groups excluding carboxylic acids is 1. The molecular weight excluding hydrogens is 258 g/mol. The summed E-state index contributed by atoms with van der Waals surface area (Å²) >= 11 is 3.29. The van der Waals surface area contributed by atoms with Gasteiger partial charge in [0.25, 0.3) is 0 Å². The Morgan fingerprint density at radius 3 is 2.80 bits per heavy atom. The molecule has 1 saturated carbocycles. The van der Waals surface area contributed by atoms with Gasteiger partial charge in [-0.15, -0.1) is 0 Å². The van der Waals surface area contributed by atoms with E-state index in [1.54, 1.807) is 18.2 Å². The molecule has 1 aromatic carbocycles. The third-order valence-corrected chi connectivity index (χ3v) is 2.76. The normalized spacial score (nSPS) is 15.0. The lowest BCUT2D eigenvalue weighted by Gasteiger charge is -2.05. The Hall–Kier alpha value is -1.03. The molecule has 0 bridgehead atoms. The lowest BCUT2D eigenvalue weighted by atomic mass is 10.2. The van der Waals surface area contributed by atoms with Gasteiger partial charge in [-0.25, -0.2) is 4.79 Å². The number of halogens is 1. The highest BCUT2D eigenvalue weighted by molar-refractivity contribution is 9.10. The summed E-state index contributed by atoms with van der Waals surface area (Å²) in [6.45, 7) is 0.533. The molecule has 0 saturated heterocycles. The molecule has 0 radical (unpaired) electrons. The van der Waals surface area contributed by atoms with E-state index in [1.807, 2.05) is 0 Å². The van der Waals surface area contributed by atoms with Gasteiger partial charge in [0.15, 0.2) is 0 Å². The minimum Gasteiger partial charge on any atom is -0.462 e. The zero-order chi connectivity index (χ0) is 10.8. The van der Waals surface area contributed by atoms with Gasteiger partial charge < -0.3 is 10.5 Å². The van der Waals surface area contributed by atoms with Crippen LogP contribution in [0.1, 0.15) is 23.2 Å². The van der Waals surface area contributed by atoms with E-state index < -0.39 is 0 Å². The summed E-state index contributed by atoms with van der Waals surface area (Å²) < 4.78 is 5.94. The molecule has 1 aliphatic rings. The molecule has 1 aromatic rings. The van der Waals surface area contributed by atoms with Crippen LogP contribution in [0.15, 0.2) is 22.7 Å². The van der Waals surface area contributed by atoms with E-state index in [-0.39, 0.29) is 5.97 Å². The number of esters is 1. The maximum absolute atomic E-state index is 11.6. The molecule has 0 unspecified atom stereocenters. The summed E-state index contributed by atoms with van der Waals surface area (Å²) in [4.78, 5) is 11.6. The van der Waals surface area contributed by atoms with Gasteiger partial charge in [0.2, 0.25) is 0 Å². The summed E-state index contributed by atoms with van der Waals surface area (Å²) in [5.41, 5.74) is 6.69. The molecule has 0 aromatic heterocycles. The standard InChI is InChI=1S/C11H12BrNO2/c12-9-3-8(4-10(13)5-9)11(14)15-6-7-1-2-7/h3-5,7H,1-2,6,13H2. The summed E-state index contributed by atoms with van der Waals surface area (Å²) in [6, 6.07) is 5.09. The average Bonchev–Trinajstić information content (AvgIpc) is 2.96. The fourth-order valence-corrected chi connectivity index (χ4v) is 1.80. The van der Waals surface area contributed by atoms with Crippen LogP contribution in [0.4, 0.5) is 5.69 Å². The largest absolute Gasteiger partial charge is 0.462 e. The van der Waals surface area contributed by atoms with E-state index in [9.17, 15) is 4.79 Å². The first-order valence-electron chi connectivity index (χ1n) is 4.88. The molecule has 3 nitrogen and oxygen atoms in total. The molecule has 0 amide bonds. The Morgan fingerprint density at radius 1 is 1.47 bits per heavy atom. The van der Waals surface area contributed by atoms with Crippen LogP contribution in [0.2, 0.25) is 0 Å². The van der Waals surface area contributed by atoms with Crippen LogP contribution in [-0.2, 0) is 4.74 Å². The Bertz CT molecular complexity index is 368. The first-order chi connectivity index (χ1) is 7.15. The van der Waals surface area contributed by atoms with Gasteiger partial charge in [-0.2, -0.15) is 0 Å². The molecule has 80 valence electrons. The van der Waals surface area contributed by atoms with Crippen molar-refractivity contribution in [1.29, 1.82) is 0 Å². The maximum Gasteiger partial charge on any atom is 0.338 e. The van der Waals surface area contributed by atoms with Crippen molar-refractivity contribution in [2.75, 3.05) is 12.3 Å². The summed E-state index contributed by atoms with van der Waals surface area (Å²) in [5, 5.41) is 0.